The van der Waals surface area contributed by atoms with Crippen LogP contribution in [0.2, 0.25) is 0 Å². The Bertz CT molecular complexity index is 579. The van der Waals surface area contributed by atoms with Crippen molar-refractivity contribution in [1.82, 2.24) is 9.78 Å². The van der Waals surface area contributed by atoms with Gasteiger partial charge in [-0.2, -0.15) is 5.10 Å². The Morgan fingerprint density at radius 2 is 2.25 bits per heavy atom. The van der Waals surface area contributed by atoms with Crippen LogP contribution in [0.25, 0.3) is 0 Å². The molecular formula is C16H21N3O. The number of hydrogen-bond acceptors (Lipinski definition) is 3. The maximum atomic E-state index is 10.6. The summed E-state index contributed by atoms with van der Waals surface area (Å²) in [6.45, 7) is 2.97. The second kappa shape index (κ2) is 5.67. The number of fused-ring (bicyclic) bond motifs is 1. The van der Waals surface area contributed by atoms with Gasteiger partial charge in [0.25, 0.3) is 0 Å². The minimum absolute atomic E-state index is 0.0530. The second-order valence-electron chi connectivity index (χ2n) is 5.37. The molecule has 0 fully saturated rings. The maximum absolute atomic E-state index is 10.6. The molecule has 0 saturated heterocycles. The van der Waals surface area contributed by atoms with Gasteiger partial charge in [0.15, 0.2) is 0 Å². The topological polar surface area (TPSA) is 50.1 Å². The molecule has 2 unspecified atom stereocenters. The van der Waals surface area contributed by atoms with E-state index in [9.17, 15) is 5.11 Å². The molecule has 0 spiro atoms. The van der Waals surface area contributed by atoms with E-state index in [1.54, 1.807) is 6.20 Å². The molecule has 0 amide bonds. The standard InChI is InChI=1S/C16H21N3O/c1-2-11-19-15(9-10-17-19)16(20)14-8-7-12-5-3-4-6-13(12)18-14/h3-6,9-10,14,16,18,20H,2,7-8,11H2,1H3. The first-order valence-electron chi connectivity index (χ1n) is 7.34. The summed E-state index contributed by atoms with van der Waals surface area (Å²) in [5, 5.41) is 18.4. The van der Waals surface area contributed by atoms with E-state index in [2.05, 4.69) is 35.5 Å². The van der Waals surface area contributed by atoms with E-state index in [1.165, 1.54) is 5.56 Å². The van der Waals surface area contributed by atoms with Crippen molar-refractivity contribution in [1.29, 1.82) is 0 Å². The van der Waals surface area contributed by atoms with Gasteiger partial charge in [-0.3, -0.25) is 4.68 Å². The molecule has 2 aromatic rings. The van der Waals surface area contributed by atoms with Crippen molar-refractivity contribution in [2.24, 2.45) is 0 Å². The number of aryl methyl sites for hydroxylation is 2. The SMILES string of the molecule is CCCn1nccc1C(O)C1CCc2ccccc2N1. The third-order valence-electron chi connectivity index (χ3n) is 3.95. The summed E-state index contributed by atoms with van der Waals surface area (Å²) in [4.78, 5) is 0. The quantitative estimate of drug-likeness (QED) is 0.899. The average molecular weight is 271 g/mol. The van der Waals surface area contributed by atoms with E-state index in [1.807, 2.05) is 16.8 Å². The number of para-hydroxylation sites is 1. The summed E-state index contributed by atoms with van der Waals surface area (Å²) in [6.07, 6.45) is 4.22. The summed E-state index contributed by atoms with van der Waals surface area (Å²) in [6, 6.07) is 10.3. The number of aliphatic hydroxyl groups is 1. The molecule has 20 heavy (non-hydrogen) atoms. The Kier molecular flexibility index (Phi) is 3.74. The third-order valence-corrected chi connectivity index (χ3v) is 3.95. The van der Waals surface area contributed by atoms with Gasteiger partial charge in [-0.1, -0.05) is 25.1 Å². The van der Waals surface area contributed by atoms with Crippen LogP contribution in [0.5, 0.6) is 0 Å². The molecule has 0 radical (unpaired) electrons. The van der Waals surface area contributed by atoms with Crippen LogP contribution >= 0.6 is 0 Å². The summed E-state index contributed by atoms with van der Waals surface area (Å²) in [5.74, 6) is 0. The van der Waals surface area contributed by atoms with E-state index in [4.69, 9.17) is 0 Å². The molecule has 4 nitrogen and oxygen atoms in total. The lowest BCUT2D eigenvalue weighted by molar-refractivity contribution is 0.138. The summed E-state index contributed by atoms with van der Waals surface area (Å²) >= 11 is 0. The molecular weight excluding hydrogens is 250 g/mol. The molecule has 1 aliphatic heterocycles. The summed E-state index contributed by atoms with van der Waals surface area (Å²) in [5.41, 5.74) is 3.38. The number of hydrogen-bond donors (Lipinski definition) is 2. The maximum Gasteiger partial charge on any atom is 0.116 e. The number of nitrogens with zero attached hydrogens (tertiary/aromatic N) is 2. The van der Waals surface area contributed by atoms with E-state index in [-0.39, 0.29) is 6.04 Å². The van der Waals surface area contributed by atoms with E-state index in [0.717, 1.165) is 37.2 Å². The first-order chi connectivity index (χ1) is 9.79. The van der Waals surface area contributed by atoms with E-state index >= 15 is 0 Å². The van der Waals surface area contributed by atoms with Crippen molar-refractivity contribution in [3.05, 3.63) is 47.8 Å². The highest BCUT2D eigenvalue weighted by molar-refractivity contribution is 5.54. The van der Waals surface area contributed by atoms with Gasteiger partial charge in [-0.05, 0) is 37.0 Å². The molecule has 1 aliphatic rings. The van der Waals surface area contributed by atoms with Crippen molar-refractivity contribution in [2.45, 2.75) is 44.9 Å². The fraction of sp³-hybridized carbons (Fsp3) is 0.438. The molecule has 0 bridgehead atoms. The zero-order valence-corrected chi connectivity index (χ0v) is 11.8. The van der Waals surface area contributed by atoms with Crippen LogP contribution in [0, 0.1) is 0 Å². The van der Waals surface area contributed by atoms with Gasteiger partial charge in [0.2, 0.25) is 0 Å². The fourth-order valence-electron chi connectivity index (χ4n) is 2.90. The average Bonchev–Trinajstić information content (AvgIpc) is 2.94. The van der Waals surface area contributed by atoms with Gasteiger partial charge in [0.1, 0.15) is 6.10 Å². The fourth-order valence-corrected chi connectivity index (χ4v) is 2.90. The minimum atomic E-state index is -0.516. The van der Waals surface area contributed by atoms with Crippen LogP contribution in [-0.4, -0.2) is 20.9 Å². The largest absolute Gasteiger partial charge is 0.385 e. The first-order valence-corrected chi connectivity index (χ1v) is 7.34. The lowest BCUT2D eigenvalue weighted by atomic mass is 9.93. The minimum Gasteiger partial charge on any atom is -0.385 e. The Hall–Kier alpha value is -1.81. The number of nitrogens with one attached hydrogen (secondary N) is 1. The highest BCUT2D eigenvalue weighted by Gasteiger charge is 2.27. The molecule has 2 heterocycles. The Morgan fingerprint density at radius 1 is 1.40 bits per heavy atom. The van der Waals surface area contributed by atoms with Crippen LogP contribution in [0.3, 0.4) is 0 Å². The normalized spacial score (nSPS) is 19.2. The van der Waals surface area contributed by atoms with Crippen molar-refractivity contribution < 1.29 is 5.11 Å². The highest BCUT2D eigenvalue weighted by atomic mass is 16.3. The van der Waals surface area contributed by atoms with E-state index < -0.39 is 6.10 Å². The zero-order valence-electron chi connectivity index (χ0n) is 11.8. The van der Waals surface area contributed by atoms with Crippen molar-refractivity contribution in [2.75, 3.05) is 5.32 Å². The summed E-state index contributed by atoms with van der Waals surface area (Å²) in [7, 11) is 0. The number of benzene rings is 1. The number of anilines is 1. The molecule has 0 saturated carbocycles. The Morgan fingerprint density at radius 3 is 3.10 bits per heavy atom. The molecule has 1 aromatic heterocycles. The summed E-state index contributed by atoms with van der Waals surface area (Å²) < 4.78 is 1.91. The third kappa shape index (κ3) is 2.43. The van der Waals surface area contributed by atoms with Crippen LogP contribution in [0.1, 0.15) is 37.1 Å². The molecule has 2 N–H and O–H groups in total. The molecule has 4 heteroatoms. The smallest absolute Gasteiger partial charge is 0.116 e. The molecule has 1 aromatic carbocycles. The lowest BCUT2D eigenvalue weighted by Crippen LogP contribution is -2.33. The highest BCUT2D eigenvalue weighted by Crippen LogP contribution is 2.30. The molecule has 3 rings (SSSR count). The van der Waals surface area contributed by atoms with Gasteiger partial charge in [-0.15, -0.1) is 0 Å². The van der Waals surface area contributed by atoms with Crippen molar-refractivity contribution in [3.63, 3.8) is 0 Å². The van der Waals surface area contributed by atoms with Gasteiger partial charge >= 0.3 is 0 Å². The lowest BCUT2D eigenvalue weighted by Gasteiger charge is -2.30. The molecule has 0 aliphatic carbocycles. The Balaban J connectivity index is 1.78. The van der Waals surface area contributed by atoms with E-state index in [0.29, 0.717) is 0 Å². The monoisotopic (exact) mass is 271 g/mol. The molecule has 2 atom stereocenters. The van der Waals surface area contributed by atoms with Crippen molar-refractivity contribution in [3.8, 4) is 0 Å². The van der Waals surface area contributed by atoms with Crippen LogP contribution < -0.4 is 5.32 Å². The van der Waals surface area contributed by atoms with Gasteiger partial charge in [-0.25, -0.2) is 0 Å². The number of aromatic nitrogens is 2. The zero-order chi connectivity index (χ0) is 13.9. The number of rotatable bonds is 4. The Labute approximate surface area is 119 Å². The predicted octanol–water partition coefficient (Wildman–Crippen LogP) is 2.75. The predicted molar refractivity (Wildman–Crippen MR) is 79.7 cm³/mol. The van der Waals surface area contributed by atoms with Gasteiger partial charge in [0.05, 0.1) is 11.7 Å². The van der Waals surface area contributed by atoms with Gasteiger partial charge < -0.3 is 10.4 Å². The van der Waals surface area contributed by atoms with Crippen LogP contribution in [-0.2, 0) is 13.0 Å². The van der Waals surface area contributed by atoms with Crippen LogP contribution in [0.4, 0.5) is 5.69 Å². The number of aliphatic hydroxyl groups excluding tert-OH is 1. The van der Waals surface area contributed by atoms with Crippen molar-refractivity contribution >= 4 is 5.69 Å². The second-order valence-corrected chi connectivity index (χ2v) is 5.37. The molecule has 106 valence electrons. The van der Waals surface area contributed by atoms with Gasteiger partial charge in [0, 0.05) is 18.4 Å². The van der Waals surface area contributed by atoms with Crippen LogP contribution in [0.15, 0.2) is 36.5 Å². The first kappa shape index (κ1) is 13.2.